The van der Waals surface area contributed by atoms with Crippen LogP contribution in [0.3, 0.4) is 0 Å². The first kappa shape index (κ1) is 20.2. The van der Waals surface area contributed by atoms with Gasteiger partial charge in [-0.2, -0.15) is 0 Å². The number of nitrogens with zero attached hydrogens (tertiary/aromatic N) is 1. The monoisotopic (exact) mass is 366 g/mol. The number of amides is 1. The summed E-state index contributed by atoms with van der Waals surface area (Å²) in [6.07, 6.45) is 5.09. The van der Waals surface area contributed by atoms with Gasteiger partial charge in [0.2, 0.25) is 5.91 Å². The van der Waals surface area contributed by atoms with Gasteiger partial charge in [0.15, 0.2) is 0 Å². The Hall–Kier alpha value is -1.10. The molecule has 2 saturated heterocycles. The molecule has 1 N–H and O–H groups in total. The molecule has 1 aromatic rings. The number of piperidine rings is 1. The lowest BCUT2D eigenvalue weighted by atomic mass is 9.72. The maximum absolute atomic E-state index is 13.5. The fraction of sp³-hybridized carbons (Fsp3) is 0.650. The molecule has 2 aliphatic rings. The molecule has 140 valence electrons. The first-order chi connectivity index (χ1) is 11.8. The number of halogens is 1. The van der Waals surface area contributed by atoms with Crippen molar-refractivity contribution in [2.24, 2.45) is 5.92 Å². The first-order valence-corrected chi connectivity index (χ1v) is 9.33. The van der Waals surface area contributed by atoms with E-state index < -0.39 is 0 Å². The highest BCUT2D eigenvalue weighted by Gasteiger charge is 2.44. The SMILES string of the molecule is CNCCC1CCN(C(=O)C2(c3ccccc3)CCOCC2)CC1.Cl. The van der Waals surface area contributed by atoms with Gasteiger partial charge in [-0.1, -0.05) is 30.3 Å². The van der Waals surface area contributed by atoms with Gasteiger partial charge in [-0.3, -0.25) is 4.79 Å². The number of benzene rings is 1. The molecule has 2 aliphatic heterocycles. The second-order valence-corrected chi connectivity index (χ2v) is 7.19. The van der Waals surface area contributed by atoms with E-state index in [1.807, 2.05) is 25.2 Å². The highest BCUT2D eigenvalue weighted by molar-refractivity contribution is 5.88. The maximum Gasteiger partial charge on any atom is 0.233 e. The van der Waals surface area contributed by atoms with Crippen LogP contribution in [0.4, 0.5) is 0 Å². The molecule has 0 saturated carbocycles. The minimum Gasteiger partial charge on any atom is -0.381 e. The van der Waals surface area contributed by atoms with Crippen molar-refractivity contribution in [3.05, 3.63) is 35.9 Å². The largest absolute Gasteiger partial charge is 0.381 e. The highest BCUT2D eigenvalue weighted by atomic mass is 35.5. The zero-order chi connectivity index (χ0) is 16.8. The summed E-state index contributed by atoms with van der Waals surface area (Å²) in [5, 5.41) is 3.23. The third kappa shape index (κ3) is 4.55. The maximum atomic E-state index is 13.5. The third-order valence-corrected chi connectivity index (χ3v) is 5.79. The lowest BCUT2D eigenvalue weighted by Gasteiger charge is -2.42. The molecule has 2 fully saturated rings. The van der Waals surface area contributed by atoms with Gasteiger partial charge in [0, 0.05) is 26.3 Å². The van der Waals surface area contributed by atoms with Gasteiger partial charge in [-0.25, -0.2) is 0 Å². The van der Waals surface area contributed by atoms with Crippen LogP contribution < -0.4 is 5.32 Å². The second kappa shape index (κ2) is 9.56. The summed E-state index contributed by atoms with van der Waals surface area (Å²) in [6.45, 7) is 4.24. The number of ether oxygens (including phenoxy) is 1. The minimum atomic E-state index is -0.378. The van der Waals surface area contributed by atoms with Crippen LogP contribution in [0.15, 0.2) is 30.3 Å². The predicted octanol–water partition coefficient (Wildman–Crippen LogP) is 3.00. The second-order valence-electron chi connectivity index (χ2n) is 7.19. The van der Waals surface area contributed by atoms with Gasteiger partial charge < -0.3 is 15.0 Å². The van der Waals surface area contributed by atoms with E-state index in [9.17, 15) is 4.79 Å². The van der Waals surface area contributed by atoms with Crippen LogP contribution in [0.2, 0.25) is 0 Å². The number of nitrogens with one attached hydrogen (secondary N) is 1. The van der Waals surface area contributed by atoms with Crippen molar-refractivity contribution in [2.45, 2.75) is 37.5 Å². The van der Waals surface area contributed by atoms with E-state index in [-0.39, 0.29) is 17.8 Å². The van der Waals surface area contributed by atoms with E-state index >= 15 is 0 Å². The van der Waals surface area contributed by atoms with Crippen molar-refractivity contribution < 1.29 is 9.53 Å². The van der Waals surface area contributed by atoms with Gasteiger partial charge >= 0.3 is 0 Å². The number of rotatable bonds is 5. The van der Waals surface area contributed by atoms with E-state index in [1.54, 1.807) is 0 Å². The Morgan fingerprint density at radius 1 is 1.20 bits per heavy atom. The highest BCUT2D eigenvalue weighted by Crippen LogP contribution is 2.37. The lowest BCUT2D eigenvalue weighted by molar-refractivity contribution is -0.142. The lowest BCUT2D eigenvalue weighted by Crippen LogP contribution is -2.52. The molecule has 0 aromatic heterocycles. The summed E-state index contributed by atoms with van der Waals surface area (Å²) in [5.41, 5.74) is 0.785. The number of likely N-dealkylation sites (tertiary alicyclic amines) is 1. The molecule has 4 nitrogen and oxygen atoms in total. The molecule has 0 atom stereocenters. The van der Waals surface area contributed by atoms with Crippen molar-refractivity contribution in [2.75, 3.05) is 39.9 Å². The van der Waals surface area contributed by atoms with Gasteiger partial charge in [0.25, 0.3) is 0 Å². The van der Waals surface area contributed by atoms with Crippen LogP contribution in [-0.2, 0) is 14.9 Å². The van der Waals surface area contributed by atoms with Crippen molar-refractivity contribution in [3.8, 4) is 0 Å². The topological polar surface area (TPSA) is 41.6 Å². The molecule has 1 aromatic carbocycles. The molecule has 0 spiro atoms. The van der Waals surface area contributed by atoms with Crippen molar-refractivity contribution in [1.82, 2.24) is 10.2 Å². The molecule has 3 rings (SSSR count). The molecular formula is C20H31ClN2O2. The van der Waals surface area contributed by atoms with Gasteiger partial charge in [-0.05, 0) is 57.2 Å². The van der Waals surface area contributed by atoms with Crippen LogP contribution in [-0.4, -0.2) is 50.7 Å². The fourth-order valence-corrected chi connectivity index (χ4v) is 4.18. The molecule has 1 amide bonds. The summed E-state index contributed by atoms with van der Waals surface area (Å²) in [4.78, 5) is 15.6. The summed E-state index contributed by atoms with van der Waals surface area (Å²) >= 11 is 0. The molecule has 2 heterocycles. The summed E-state index contributed by atoms with van der Waals surface area (Å²) in [7, 11) is 2.01. The Labute approximate surface area is 157 Å². The molecule has 0 radical (unpaired) electrons. The molecule has 0 bridgehead atoms. The number of hydrogen-bond donors (Lipinski definition) is 1. The molecule has 5 heteroatoms. The summed E-state index contributed by atoms with van der Waals surface area (Å²) in [6, 6.07) is 10.3. The van der Waals surface area contributed by atoms with Gasteiger partial charge in [0.05, 0.1) is 5.41 Å². The Morgan fingerprint density at radius 3 is 2.44 bits per heavy atom. The van der Waals surface area contributed by atoms with Crippen molar-refractivity contribution in [3.63, 3.8) is 0 Å². The number of hydrogen-bond acceptors (Lipinski definition) is 3. The standard InChI is InChI=1S/C20H30N2O2.ClH/c1-21-12-7-17-8-13-22(14-9-17)19(23)20(10-15-24-16-11-20)18-5-3-2-4-6-18;/h2-6,17,21H,7-16H2,1H3;1H. The van der Waals surface area contributed by atoms with Gasteiger partial charge in [0.1, 0.15) is 0 Å². The predicted molar refractivity (Wildman–Crippen MR) is 103 cm³/mol. The van der Waals surface area contributed by atoms with Crippen LogP contribution in [0.5, 0.6) is 0 Å². The number of carbonyl (C=O) groups is 1. The van der Waals surface area contributed by atoms with E-state index in [2.05, 4.69) is 22.3 Å². The smallest absolute Gasteiger partial charge is 0.233 e. The van der Waals surface area contributed by atoms with Crippen LogP contribution in [0, 0.1) is 5.92 Å². The summed E-state index contributed by atoms with van der Waals surface area (Å²) < 4.78 is 5.57. The summed E-state index contributed by atoms with van der Waals surface area (Å²) in [5.74, 6) is 1.08. The average Bonchev–Trinajstić information content (AvgIpc) is 2.67. The molecule has 0 unspecified atom stereocenters. The normalized spacial score (nSPS) is 20.8. The fourth-order valence-electron chi connectivity index (χ4n) is 4.18. The van der Waals surface area contributed by atoms with Crippen LogP contribution in [0.25, 0.3) is 0 Å². The van der Waals surface area contributed by atoms with Crippen molar-refractivity contribution >= 4 is 18.3 Å². The Bertz CT molecular complexity index is 524. The van der Waals surface area contributed by atoms with Crippen LogP contribution in [0.1, 0.15) is 37.7 Å². The number of carbonyl (C=O) groups excluding carboxylic acids is 1. The molecule has 0 aliphatic carbocycles. The van der Waals surface area contributed by atoms with E-state index in [0.717, 1.165) is 56.8 Å². The third-order valence-electron chi connectivity index (χ3n) is 5.79. The van der Waals surface area contributed by atoms with E-state index in [1.165, 1.54) is 6.42 Å². The molecule has 25 heavy (non-hydrogen) atoms. The van der Waals surface area contributed by atoms with E-state index in [0.29, 0.717) is 19.1 Å². The zero-order valence-corrected chi connectivity index (χ0v) is 16.0. The van der Waals surface area contributed by atoms with Crippen molar-refractivity contribution in [1.29, 1.82) is 0 Å². The Kier molecular flexibility index (Phi) is 7.73. The Morgan fingerprint density at radius 2 is 1.84 bits per heavy atom. The minimum absolute atomic E-state index is 0. The first-order valence-electron chi connectivity index (χ1n) is 9.33. The van der Waals surface area contributed by atoms with Crippen LogP contribution >= 0.6 is 12.4 Å². The quantitative estimate of drug-likeness (QED) is 0.871. The Balaban J connectivity index is 0.00000225. The molecular weight excluding hydrogens is 336 g/mol. The average molecular weight is 367 g/mol. The van der Waals surface area contributed by atoms with E-state index in [4.69, 9.17) is 4.74 Å². The zero-order valence-electron chi connectivity index (χ0n) is 15.2. The van der Waals surface area contributed by atoms with Gasteiger partial charge in [-0.15, -0.1) is 12.4 Å².